The fraction of sp³-hybridized carbons (Fsp3) is 0.368. The molecule has 2 aromatic rings. The molecule has 0 aromatic heterocycles. The number of halogens is 1. The predicted molar refractivity (Wildman–Crippen MR) is 90.7 cm³/mol. The third kappa shape index (κ3) is 1.59. The van der Waals surface area contributed by atoms with Gasteiger partial charge in [0.25, 0.3) is 0 Å². The van der Waals surface area contributed by atoms with Crippen molar-refractivity contribution in [1.82, 2.24) is 0 Å². The number of rotatable bonds is 0. The van der Waals surface area contributed by atoms with E-state index in [2.05, 4.69) is 75.7 Å². The first kappa shape index (κ1) is 13.9. The molecule has 0 nitrogen and oxygen atoms in total. The van der Waals surface area contributed by atoms with Gasteiger partial charge in [-0.25, -0.2) is 0 Å². The van der Waals surface area contributed by atoms with Crippen LogP contribution in [0.1, 0.15) is 47.2 Å². The van der Waals surface area contributed by atoms with Gasteiger partial charge < -0.3 is 0 Å². The van der Waals surface area contributed by atoms with Gasteiger partial charge >= 0.3 is 0 Å². The Morgan fingerprint density at radius 2 is 1.45 bits per heavy atom. The van der Waals surface area contributed by atoms with Gasteiger partial charge in [0.1, 0.15) is 0 Å². The van der Waals surface area contributed by atoms with Crippen molar-refractivity contribution >= 4 is 15.9 Å². The molecule has 0 saturated carbocycles. The highest BCUT2D eigenvalue weighted by Crippen LogP contribution is 2.53. The first-order valence-electron chi connectivity index (χ1n) is 7.18. The highest BCUT2D eigenvalue weighted by Gasteiger charge is 2.38. The molecule has 0 atom stereocenters. The van der Waals surface area contributed by atoms with E-state index >= 15 is 0 Å². The van der Waals surface area contributed by atoms with Crippen LogP contribution in [-0.2, 0) is 5.41 Å². The lowest BCUT2D eigenvalue weighted by molar-refractivity contribution is 0.653. The summed E-state index contributed by atoms with van der Waals surface area (Å²) in [6.07, 6.45) is 0. The van der Waals surface area contributed by atoms with E-state index in [4.69, 9.17) is 0 Å². The second-order valence-electron chi connectivity index (χ2n) is 6.56. The molecule has 20 heavy (non-hydrogen) atoms. The largest absolute Gasteiger partial charge is 0.0529 e. The molecule has 0 heterocycles. The van der Waals surface area contributed by atoms with Crippen molar-refractivity contribution in [2.24, 2.45) is 0 Å². The summed E-state index contributed by atoms with van der Waals surface area (Å²) in [6, 6.07) is 6.72. The van der Waals surface area contributed by atoms with Crippen LogP contribution in [0.25, 0.3) is 11.1 Å². The van der Waals surface area contributed by atoms with E-state index in [9.17, 15) is 0 Å². The molecule has 104 valence electrons. The Labute approximate surface area is 130 Å². The average Bonchev–Trinajstić information content (AvgIpc) is 2.62. The standard InChI is InChI=1S/C19H21Br/c1-10-11(2)13(4)18-17(12(10)3)15-8-7-14(20)9-16(15)19(18,5)6/h7-9H,1-6H3. The minimum Gasteiger partial charge on any atom is -0.0529 e. The van der Waals surface area contributed by atoms with Crippen LogP contribution in [0.2, 0.25) is 0 Å². The fourth-order valence-electron chi connectivity index (χ4n) is 3.82. The summed E-state index contributed by atoms with van der Waals surface area (Å²) in [7, 11) is 0. The summed E-state index contributed by atoms with van der Waals surface area (Å²) in [5.41, 5.74) is 11.7. The van der Waals surface area contributed by atoms with Crippen molar-refractivity contribution in [3.63, 3.8) is 0 Å². The second kappa shape index (κ2) is 4.21. The maximum atomic E-state index is 3.63. The van der Waals surface area contributed by atoms with Crippen molar-refractivity contribution < 1.29 is 0 Å². The highest BCUT2D eigenvalue weighted by molar-refractivity contribution is 9.10. The topological polar surface area (TPSA) is 0 Å². The molecule has 0 aliphatic heterocycles. The van der Waals surface area contributed by atoms with E-state index in [1.807, 2.05) is 0 Å². The predicted octanol–water partition coefficient (Wildman–Crippen LogP) is 5.99. The van der Waals surface area contributed by atoms with Crippen molar-refractivity contribution in [3.8, 4) is 11.1 Å². The van der Waals surface area contributed by atoms with Crippen LogP contribution in [-0.4, -0.2) is 0 Å². The summed E-state index contributed by atoms with van der Waals surface area (Å²) >= 11 is 3.63. The molecule has 1 aliphatic rings. The van der Waals surface area contributed by atoms with Crippen molar-refractivity contribution in [3.05, 3.63) is 56.1 Å². The molecule has 0 saturated heterocycles. The third-order valence-corrected chi connectivity index (χ3v) is 5.73. The molecule has 0 fully saturated rings. The van der Waals surface area contributed by atoms with Gasteiger partial charge in [0.05, 0.1) is 0 Å². The van der Waals surface area contributed by atoms with Crippen molar-refractivity contribution in [2.75, 3.05) is 0 Å². The second-order valence-corrected chi connectivity index (χ2v) is 7.48. The summed E-state index contributed by atoms with van der Waals surface area (Å²) < 4.78 is 1.17. The minimum absolute atomic E-state index is 0.0851. The van der Waals surface area contributed by atoms with E-state index in [1.165, 1.54) is 49.0 Å². The van der Waals surface area contributed by atoms with E-state index in [-0.39, 0.29) is 5.41 Å². The first-order chi connectivity index (χ1) is 9.26. The Balaban J connectivity index is 2.51. The first-order valence-corrected chi connectivity index (χ1v) is 7.97. The lowest BCUT2D eigenvalue weighted by Gasteiger charge is -2.26. The summed E-state index contributed by atoms with van der Waals surface area (Å²) in [4.78, 5) is 0. The van der Waals surface area contributed by atoms with Gasteiger partial charge in [0.2, 0.25) is 0 Å². The zero-order valence-corrected chi connectivity index (χ0v) is 14.7. The van der Waals surface area contributed by atoms with Crippen LogP contribution >= 0.6 is 15.9 Å². The fourth-order valence-corrected chi connectivity index (χ4v) is 4.18. The van der Waals surface area contributed by atoms with Crippen LogP contribution in [0.4, 0.5) is 0 Å². The maximum absolute atomic E-state index is 3.63. The molecule has 0 spiro atoms. The zero-order chi connectivity index (χ0) is 14.8. The minimum atomic E-state index is 0.0851. The van der Waals surface area contributed by atoms with Crippen LogP contribution in [0.3, 0.4) is 0 Å². The molecule has 0 unspecified atom stereocenters. The Morgan fingerprint density at radius 3 is 2.10 bits per heavy atom. The van der Waals surface area contributed by atoms with Crippen molar-refractivity contribution in [2.45, 2.75) is 47.0 Å². The summed E-state index contributed by atoms with van der Waals surface area (Å²) in [6.45, 7) is 13.8. The lowest BCUT2D eigenvalue weighted by Crippen LogP contribution is -2.17. The van der Waals surface area contributed by atoms with E-state index in [1.54, 1.807) is 0 Å². The van der Waals surface area contributed by atoms with Gasteiger partial charge in [-0.05, 0) is 84.3 Å². The normalized spacial score (nSPS) is 15.2. The Morgan fingerprint density at radius 1 is 0.850 bits per heavy atom. The Hall–Kier alpha value is -1.08. The van der Waals surface area contributed by atoms with Crippen LogP contribution in [0.5, 0.6) is 0 Å². The molecule has 1 aliphatic carbocycles. The highest BCUT2D eigenvalue weighted by atomic mass is 79.9. The molecule has 0 N–H and O–H groups in total. The summed E-state index contributed by atoms with van der Waals surface area (Å²) in [5, 5.41) is 0. The lowest BCUT2D eigenvalue weighted by atomic mass is 9.78. The SMILES string of the molecule is Cc1c(C)c(C)c2c(c1C)-c1ccc(Br)cc1C2(C)C. The van der Waals surface area contributed by atoms with Gasteiger partial charge in [0.15, 0.2) is 0 Å². The Kier molecular flexibility index (Phi) is 2.92. The Bertz CT molecular complexity index is 736. The number of hydrogen-bond donors (Lipinski definition) is 0. The van der Waals surface area contributed by atoms with Crippen LogP contribution < -0.4 is 0 Å². The van der Waals surface area contributed by atoms with E-state index in [0.717, 1.165) is 0 Å². The average molecular weight is 329 g/mol. The van der Waals surface area contributed by atoms with Gasteiger partial charge in [-0.1, -0.05) is 35.8 Å². The molecule has 0 bridgehead atoms. The molecule has 2 aromatic carbocycles. The number of hydrogen-bond acceptors (Lipinski definition) is 0. The van der Waals surface area contributed by atoms with E-state index < -0.39 is 0 Å². The van der Waals surface area contributed by atoms with E-state index in [0.29, 0.717) is 0 Å². The smallest absolute Gasteiger partial charge is 0.0178 e. The van der Waals surface area contributed by atoms with Gasteiger partial charge in [-0.2, -0.15) is 0 Å². The molecular formula is C19H21Br. The third-order valence-electron chi connectivity index (χ3n) is 5.24. The quantitative estimate of drug-likeness (QED) is 0.557. The van der Waals surface area contributed by atoms with Gasteiger partial charge in [-0.15, -0.1) is 0 Å². The number of benzene rings is 2. The molecular weight excluding hydrogens is 308 g/mol. The van der Waals surface area contributed by atoms with Gasteiger partial charge in [0, 0.05) is 9.89 Å². The van der Waals surface area contributed by atoms with Crippen LogP contribution in [0.15, 0.2) is 22.7 Å². The monoisotopic (exact) mass is 328 g/mol. The number of fused-ring (bicyclic) bond motifs is 3. The molecule has 3 rings (SSSR count). The van der Waals surface area contributed by atoms with Gasteiger partial charge in [-0.3, -0.25) is 0 Å². The molecule has 0 radical (unpaired) electrons. The van der Waals surface area contributed by atoms with Crippen molar-refractivity contribution in [1.29, 1.82) is 0 Å². The summed E-state index contributed by atoms with van der Waals surface area (Å²) in [5.74, 6) is 0. The zero-order valence-electron chi connectivity index (χ0n) is 13.1. The van der Waals surface area contributed by atoms with Crippen LogP contribution in [0, 0.1) is 27.7 Å². The molecule has 1 heteroatoms. The maximum Gasteiger partial charge on any atom is 0.0178 e. The molecule has 0 amide bonds.